The molecular weight excluding hydrogens is 422 g/mol. The molecule has 7 heteroatoms. The van der Waals surface area contributed by atoms with Gasteiger partial charge in [0.25, 0.3) is 0 Å². The largest absolute Gasteiger partial charge is 0.393 e. The lowest BCUT2D eigenvalue weighted by atomic mass is 9.76. The van der Waals surface area contributed by atoms with Gasteiger partial charge in [0.2, 0.25) is 5.91 Å². The van der Waals surface area contributed by atoms with Crippen molar-refractivity contribution < 1.29 is 29.6 Å². The van der Waals surface area contributed by atoms with E-state index in [1.807, 2.05) is 47.6 Å². The minimum Gasteiger partial charge on any atom is -0.393 e. The molecule has 2 heterocycles. The van der Waals surface area contributed by atoms with Crippen molar-refractivity contribution in [2.45, 2.75) is 116 Å². The highest BCUT2D eigenvalue weighted by Gasteiger charge is 2.54. The molecule has 5 N–H and O–H groups in total. The Hall–Kier alpha value is -1.25. The number of aliphatic hydroxyl groups is 3. The predicted octanol–water partition coefficient (Wildman–Crippen LogP) is 3.21. The summed E-state index contributed by atoms with van der Waals surface area (Å²) in [6.07, 6.45) is 6.81. The van der Waals surface area contributed by atoms with Gasteiger partial charge < -0.3 is 30.5 Å². The van der Waals surface area contributed by atoms with Crippen molar-refractivity contribution in [2.24, 2.45) is 23.5 Å². The maximum Gasteiger partial charge on any atom is 0.241 e. The van der Waals surface area contributed by atoms with E-state index in [9.17, 15) is 20.1 Å². The fourth-order valence-corrected chi connectivity index (χ4v) is 5.14. The van der Waals surface area contributed by atoms with E-state index < -0.39 is 29.5 Å². The van der Waals surface area contributed by atoms with Gasteiger partial charge in [0, 0.05) is 30.8 Å². The number of carbonyl (C=O) groups is 1. The minimum absolute atomic E-state index is 0.000912. The summed E-state index contributed by atoms with van der Waals surface area (Å²) in [5.41, 5.74) is 5.25. The SMILES string of the molecule is CCC(C=CC(N)=O)=CCCC(C)(O)CC(C)C1CC(O)C(C)C2(CC(O)C(C)C(C)O2)O1. The number of allylic oxidation sites excluding steroid dienone is 3. The Bertz CT molecular complexity index is 706. The van der Waals surface area contributed by atoms with Crippen LogP contribution in [0.4, 0.5) is 0 Å². The second-order valence-electron chi connectivity index (χ2n) is 10.6. The quantitative estimate of drug-likeness (QED) is 0.305. The molecule has 0 aromatic carbocycles. The van der Waals surface area contributed by atoms with E-state index in [0.717, 1.165) is 12.0 Å². The standard InChI is InChI=1S/C26H45NO6/c1-7-20(10-11-24(27)30)9-8-12-25(6,31)14-16(2)23-13-21(28)18(4)26(33-23)15-22(29)17(3)19(5)32-26/h9-11,16-19,21-23,28-29,31H,7-8,12-15H2,1-6H3,(H2,27,30). The zero-order chi connectivity index (χ0) is 25.0. The fraction of sp³-hybridized carbons (Fsp3) is 0.808. The highest BCUT2D eigenvalue weighted by atomic mass is 16.7. The number of ether oxygens (including phenoxy) is 2. The highest BCUT2D eigenvalue weighted by Crippen LogP contribution is 2.46. The molecule has 0 aliphatic carbocycles. The maximum absolute atomic E-state index is 11.0. The summed E-state index contributed by atoms with van der Waals surface area (Å²) in [6.45, 7) is 11.7. The summed E-state index contributed by atoms with van der Waals surface area (Å²) in [5, 5.41) is 32.5. The molecular formula is C26H45NO6. The van der Waals surface area contributed by atoms with Crippen molar-refractivity contribution in [1.82, 2.24) is 0 Å². The van der Waals surface area contributed by atoms with Gasteiger partial charge >= 0.3 is 0 Å². The molecule has 0 aromatic heterocycles. The number of carbonyl (C=O) groups excluding carboxylic acids is 1. The third-order valence-electron chi connectivity index (χ3n) is 7.68. The molecule has 0 aromatic rings. The third kappa shape index (κ3) is 7.36. The molecule has 190 valence electrons. The number of hydrogen-bond acceptors (Lipinski definition) is 6. The normalized spacial score (nSPS) is 38.4. The van der Waals surface area contributed by atoms with Gasteiger partial charge in [-0.15, -0.1) is 0 Å². The van der Waals surface area contributed by atoms with E-state index in [1.54, 1.807) is 6.08 Å². The second-order valence-corrected chi connectivity index (χ2v) is 10.6. The van der Waals surface area contributed by atoms with E-state index in [1.165, 1.54) is 6.08 Å². The molecule has 2 saturated heterocycles. The molecule has 7 nitrogen and oxygen atoms in total. The Labute approximate surface area is 199 Å². The molecule has 33 heavy (non-hydrogen) atoms. The fourth-order valence-electron chi connectivity index (χ4n) is 5.14. The number of aliphatic hydroxyl groups excluding tert-OH is 2. The van der Waals surface area contributed by atoms with Crippen LogP contribution in [0.1, 0.15) is 80.1 Å². The van der Waals surface area contributed by atoms with Gasteiger partial charge in [-0.05, 0) is 45.4 Å². The molecule has 2 fully saturated rings. The summed E-state index contributed by atoms with van der Waals surface area (Å²) in [6, 6.07) is 0. The first-order valence-corrected chi connectivity index (χ1v) is 12.4. The van der Waals surface area contributed by atoms with Gasteiger partial charge in [-0.25, -0.2) is 0 Å². The first-order chi connectivity index (χ1) is 15.3. The van der Waals surface area contributed by atoms with Crippen LogP contribution < -0.4 is 5.73 Å². The molecule has 0 saturated carbocycles. The Kier molecular flexibility index (Phi) is 9.71. The summed E-state index contributed by atoms with van der Waals surface area (Å²) in [4.78, 5) is 10.9. The number of amides is 1. The van der Waals surface area contributed by atoms with Crippen LogP contribution >= 0.6 is 0 Å². The summed E-state index contributed by atoms with van der Waals surface area (Å²) < 4.78 is 12.8. The number of rotatable bonds is 9. The van der Waals surface area contributed by atoms with Crippen molar-refractivity contribution >= 4 is 5.91 Å². The lowest BCUT2D eigenvalue weighted by Crippen LogP contribution is -2.62. The van der Waals surface area contributed by atoms with Crippen LogP contribution in [0.15, 0.2) is 23.8 Å². The molecule has 1 amide bonds. The summed E-state index contributed by atoms with van der Waals surface area (Å²) in [5.74, 6) is -1.76. The van der Waals surface area contributed by atoms with E-state index in [2.05, 4.69) is 0 Å². The van der Waals surface area contributed by atoms with Crippen LogP contribution in [0, 0.1) is 17.8 Å². The predicted molar refractivity (Wildman–Crippen MR) is 128 cm³/mol. The lowest BCUT2D eigenvalue weighted by molar-refractivity contribution is -0.373. The summed E-state index contributed by atoms with van der Waals surface area (Å²) in [7, 11) is 0. The van der Waals surface area contributed by atoms with Crippen LogP contribution in [-0.4, -0.2) is 57.0 Å². The number of nitrogens with two attached hydrogens (primary N) is 1. The Morgan fingerprint density at radius 2 is 1.88 bits per heavy atom. The Balaban J connectivity index is 2.03. The average molecular weight is 468 g/mol. The summed E-state index contributed by atoms with van der Waals surface area (Å²) >= 11 is 0. The van der Waals surface area contributed by atoms with Gasteiger partial charge in [-0.3, -0.25) is 4.79 Å². The van der Waals surface area contributed by atoms with E-state index in [-0.39, 0.29) is 30.0 Å². The van der Waals surface area contributed by atoms with Gasteiger partial charge in [0.1, 0.15) is 0 Å². The Morgan fingerprint density at radius 3 is 2.45 bits per heavy atom. The van der Waals surface area contributed by atoms with Crippen LogP contribution in [0.3, 0.4) is 0 Å². The van der Waals surface area contributed by atoms with E-state index in [4.69, 9.17) is 15.2 Å². The van der Waals surface area contributed by atoms with E-state index in [0.29, 0.717) is 32.1 Å². The topological polar surface area (TPSA) is 122 Å². The van der Waals surface area contributed by atoms with Gasteiger partial charge in [0.05, 0.1) is 30.0 Å². The van der Waals surface area contributed by atoms with Crippen molar-refractivity contribution in [3.05, 3.63) is 23.8 Å². The van der Waals surface area contributed by atoms with Crippen molar-refractivity contribution in [1.29, 1.82) is 0 Å². The average Bonchev–Trinajstić information content (AvgIpc) is 2.71. The highest BCUT2D eigenvalue weighted by molar-refractivity contribution is 5.86. The van der Waals surface area contributed by atoms with Crippen LogP contribution in [0.2, 0.25) is 0 Å². The zero-order valence-corrected chi connectivity index (χ0v) is 21.2. The molecule has 2 aliphatic rings. The lowest BCUT2D eigenvalue weighted by Gasteiger charge is -2.54. The monoisotopic (exact) mass is 467 g/mol. The van der Waals surface area contributed by atoms with E-state index >= 15 is 0 Å². The van der Waals surface area contributed by atoms with Crippen LogP contribution in [0.5, 0.6) is 0 Å². The maximum atomic E-state index is 11.0. The van der Waals surface area contributed by atoms with Crippen LogP contribution in [-0.2, 0) is 14.3 Å². The number of hydrogen-bond donors (Lipinski definition) is 4. The van der Waals surface area contributed by atoms with Crippen molar-refractivity contribution in [3.8, 4) is 0 Å². The second kappa shape index (κ2) is 11.5. The van der Waals surface area contributed by atoms with Gasteiger partial charge in [-0.1, -0.05) is 45.4 Å². The van der Waals surface area contributed by atoms with Crippen molar-refractivity contribution in [2.75, 3.05) is 0 Å². The van der Waals surface area contributed by atoms with Crippen molar-refractivity contribution in [3.63, 3.8) is 0 Å². The smallest absolute Gasteiger partial charge is 0.241 e. The first-order valence-electron chi connectivity index (χ1n) is 12.4. The van der Waals surface area contributed by atoms with Gasteiger partial charge in [-0.2, -0.15) is 0 Å². The molecule has 0 bridgehead atoms. The third-order valence-corrected chi connectivity index (χ3v) is 7.68. The molecule has 2 rings (SSSR count). The van der Waals surface area contributed by atoms with Gasteiger partial charge in [0.15, 0.2) is 5.79 Å². The molecule has 9 atom stereocenters. The van der Waals surface area contributed by atoms with Crippen LogP contribution in [0.25, 0.3) is 0 Å². The molecule has 1 spiro atoms. The molecule has 0 radical (unpaired) electrons. The minimum atomic E-state index is -1.01. The Morgan fingerprint density at radius 1 is 1.21 bits per heavy atom. The number of primary amides is 1. The first kappa shape index (κ1) is 28.0. The molecule has 9 unspecified atom stereocenters. The molecule has 2 aliphatic heterocycles. The zero-order valence-electron chi connectivity index (χ0n) is 21.2.